The average Bonchev–Trinajstić information content (AvgIpc) is 1.68. The van der Waals surface area contributed by atoms with Gasteiger partial charge in [0, 0.05) is 0 Å². The van der Waals surface area contributed by atoms with Gasteiger partial charge in [0.15, 0.2) is 37.7 Å². The normalized spacial score (nSPS) is 51.8. The zero-order valence-corrected chi connectivity index (χ0v) is 58.1. The van der Waals surface area contributed by atoms with Crippen LogP contribution in [-0.2, 0) is 71.4 Å². The Morgan fingerprint density at radius 3 is 1.73 bits per heavy atom. The fraction of sp³-hybridized carbons (Fsp3) is 0.935. The van der Waals surface area contributed by atoms with Crippen LogP contribution in [-0.4, -0.2) is 299 Å². The van der Waals surface area contributed by atoms with Gasteiger partial charge < -0.3 is 138 Å². The minimum atomic E-state index is -5.13. The Morgan fingerprint density at radius 1 is 0.589 bits per heavy atom. The van der Waals surface area contributed by atoms with Crippen LogP contribution in [0.4, 0.5) is 0 Å². The molecule has 0 radical (unpaired) electrons. The number of allylic oxidation sites excluding steroid dienone is 4. The van der Waals surface area contributed by atoms with E-state index in [9.17, 15) is 89.6 Å². The van der Waals surface area contributed by atoms with Crippen LogP contribution in [0.5, 0.6) is 0 Å². The number of hydrogen-bond donors (Lipinski definition) is 15. The molecule has 15 N–H and O–H groups in total. The molecule has 0 spiro atoms. The summed E-state index contributed by atoms with van der Waals surface area (Å²) in [5.74, 6) is -0.587. The summed E-state index contributed by atoms with van der Waals surface area (Å²) in [6, 6.07) is 0. The number of ether oxygens (including phenoxy) is 12. The van der Waals surface area contributed by atoms with E-state index >= 15 is 0 Å². The molecule has 4 aliphatic carbocycles. The van der Waals surface area contributed by atoms with Crippen molar-refractivity contribution in [2.45, 2.75) is 316 Å². The molecule has 10 rings (SSSR count). The molecular weight excluding hydrogens is 1300 g/mol. The molecule has 0 amide bonds. The smallest absolute Gasteiger partial charge is 0.726 e. The van der Waals surface area contributed by atoms with Gasteiger partial charge in [0.05, 0.1) is 55.4 Å². The number of rotatable bonds is 19. The Bertz CT molecular complexity index is 2710. The third-order valence-corrected chi connectivity index (χ3v) is 22.9. The van der Waals surface area contributed by atoms with Crippen molar-refractivity contribution in [3.63, 3.8) is 0 Å². The molecule has 2 unspecified atom stereocenters. The predicted molar refractivity (Wildman–Crippen MR) is 315 cm³/mol. The van der Waals surface area contributed by atoms with Gasteiger partial charge in [0.25, 0.3) is 0 Å². The van der Waals surface area contributed by atoms with Gasteiger partial charge in [0.2, 0.25) is 10.4 Å². The molecule has 38 atom stereocenters. The second-order valence-corrected chi connectivity index (χ2v) is 30.0. The van der Waals surface area contributed by atoms with E-state index < -0.39 is 231 Å². The summed E-state index contributed by atoms with van der Waals surface area (Å²) in [5.41, 5.74) is 0.385. The maximum Gasteiger partial charge on any atom is 1.00 e. The predicted octanol–water partition coefficient (Wildman–Crippen LogP) is -6.42. The summed E-state index contributed by atoms with van der Waals surface area (Å²) >= 11 is 0. The number of aliphatic hydroxyl groups is 15. The molecule has 0 aromatic heterocycles. The Hall–Kier alpha value is -0.730. The van der Waals surface area contributed by atoms with E-state index in [-0.39, 0.29) is 65.6 Å². The van der Waals surface area contributed by atoms with Crippen LogP contribution in [0.25, 0.3) is 0 Å². The summed E-state index contributed by atoms with van der Waals surface area (Å²) in [6.45, 7) is 14.4. The van der Waals surface area contributed by atoms with E-state index in [0.717, 1.165) is 18.4 Å². The summed E-state index contributed by atoms with van der Waals surface area (Å²) < 4.78 is 115. The SMILES string of the molecule is CC(C)=CCC[C@](C)(O)C1CC[C@H]2C3C[C@H](O[C@@H]4O[C@H](C)[C@@H](O)[C@H](O[C@@H]5OC[C@@H](O[C@@H]6O[C@H](C)[C@H](O)[C@H](O)[C@H]6O[C@@H]6O[C@H](C)[C@H](O[C@@H]7O[C@H](CO)[C@H](O)[C@H](O)[C@H]7O)[C@H](O)[C@H]6O)[C@H](O)[C@H]5O[C@@H]5O[C@H](C)[C@@H](O)[C@H](O)[C@H]5O)[C@H]4O)[C@H]4C[C@@H](OS(=O)(=O)[O-])CC[C@]4(C)C3=CC[C@]12C.[Na+]. The second kappa shape index (κ2) is 30.9. The van der Waals surface area contributed by atoms with Crippen LogP contribution in [0.1, 0.15) is 120 Å². The third-order valence-electron chi connectivity index (χ3n) is 22.4. The maximum absolute atomic E-state index is 12.5. The minimum absolute atomic E-state index is 0. The molecule has 3 saturated carbocycles. The number of aliphatic hydroxyl groups excluding tert-OH is 14. The molecule has 6 heterocycles. The van der Waals surface area contributed by atoms with Crippen LogP contribution in [0.15, 0.2) is 23.3 Å². The molecule has 0 bridgehead atoms. The molecule has 6 aliphatic heterocycles. The fourth-order valence-electron chi connectivity index (χ4n) is 17.0. The van der Waals surface area contributed by atoms with E-state index in [1.54, 1.807) is 0 Å². The Morgan fingerprint density at radius 2 is 1.11 bits per heavy atom. The van der Waals surface area contributed by atoms with Gasteiger partial charge in [-0.05, 0) is 141 Å². The Kier molecular flexibility index (Phi) is 25.5. The first-order chi connectivity index (χ1) is 44.0. The first kappa shape index (κ1) is 78.4. The summed E-state index contributed by atoms with van der Waals surface area (Å²) in [5, 5.41) is 168. The Balaban J connectivity index is 0.0000106. The van der Waals surface area contributed by atoms with Crippen molar-refractivity contribution in [3.8, 4) is 0 Å². The van der Waals surface area contributed by atoms with E-state index in [0.29, 0.717) is 32.1 Å². The van der Waals surface area contributed by atoms with Gasteiger partial charge in [-0.25, -0.2) is 8.42 Å². The topological polar surface area (TPSA) is 481 Å². The zero-order chi connectivity index (χ0) is 68.7. The minimum Gasteiger partial charge on any atom is -0.726 e. The van der Waals surface area contributed by atoms with Crippen LogP contribution in [0.3, 0.4) is 0 Å². The molecular formula is C62H101NaO31S. The molecule has 31 nitrogen and oxygen atoms in total. The van der Waals surface area contributed by atoms with Crippen LogP contribution >= 0.6 is 0 Å². The zero-order valence-electron chi connectivity index (χ0n) is 55.3. The van der Waals surface area contributed by atoms with Gasteiger partial charge in [0.1, 0.15) is 116 Å². The number of hydrogen-bond acceptors (Lipinski definition) is 31. The van der Waals surface area contributed by atoms with Crippen molar-refractivity contribution in [2.75, 3.05) is 13.2 Å². The van der Waals surface area contributed by atoms with Crippen molar-refractivity contribution >= 4 is 10.4 Å². The first-order valence-electron chi connectivity index (χ1n) is 33.0. The van der Waals surface area contributed by atoms with Gasteiger partial charge in [-0.2, -0.15) is 0 Å². The Labute approximate surface area is 574 Å². The monoisotopic (exact) mass is 1400 g/mol. The maximum atomic E-state index is 12.5. The van der Waals surface area contributed by atoms with Crippen LogP contribution in [0, 0.1) is 34.5 Å². The quantitative estimate of drug-likeness (QED) is 0.0247. The first-order valence-corrected chi connectivity index (χ1v) is 34.3. The van der Waals surface area contributed by atoms with Crippen LogP contribution < -0.4 is 29.6 Å². The van der Waals surface area contributed by atoms with Crippen molar-refractivity contribution in [2.24, 2.45) is 34.5 Å². The number of fused-ring (bicyclic) bond motifs is 5. The molecule has 33 heteroatoms. The summed E-state index contributed by atoms with van der Waals surface area (Å²) in [4.78, 5) is 0. The molecule has 10 aliphatic rings. The molecule has 9 fully saturated rings. The van der Waals surface area contributed by atoms with Gasteiger partial charge >= 0.3 is 29.6 Å². The van der Waals surface area contributed by atoms with Crippen molar-refractivity contribution < 1.29 is 180 Å². The van der Waals surface area contributed by atoms with Crippen LogP contribution in [0.2, 0.25) is 0 Å². The van der Waals surface area contributed by atoms with E-state index in [4.69, 9.17) is 61.0 Å². The second-order valence-electron chi connectivity index (χ2n) is 28.9. The van der Waals surface area contributed by atoms with Gasteiger partial charge in [-0.15, -0.1) is 0 Å². The summed E-state index contributed by atoms with van der Waals surface area (Å²) in [7, 11) is -5.13. The van der Waals surface area contributed by atoms with E-state index in [1.165, 1.54) is 33.3 Å². The molecule has 542 valence electrons. The van der Waals surface area contributed by atoms with E-state index in [1.807, 2.05) is 20.8 Å². The average molecular weight is 1400 g/mol. The van der Waals surface area contributed by atoms with Gasteiger partial charge in [-0.3, -0.25) is 4.18 Å². The molecule has 95 heavy (non-hydrogen) atoms. The molecule has 0 aromatic carbocycles. The van der Waals surface area contributed by atoms with Crippen molar-refractivity contribution in [3.05, 3.63) is 23.3 Å². The molecule has 6 saturated heterocycles. The largest absolute Gasteiger partial charge is 1.00 e. The third kappa shape index (κ3) is 15.9. The van der Waals surface area contributed by atoms with Crippen molar-refractivity contribution in [1.82, 2.24) is 0 Å². The van der Waals surface area contributed by atoms with E-state index in [2.05, 4.69) is 26.0 Å². The standard InChI is InChI=1S/C62H102O31S.Na/c1-23(2)11-10-16-62(9,77)36-13-12-30-29-20-33(32-19-28(93-94(78,79)80)14-17-60(32,7)31(29)15-18-61(30,36)8)86-57-49(76)51(39(66)26(5)83-57)90-58-52(91-54-46(73)42(69)37(64)24(3)82-54)41(68)35(22-81-58)88-59-53(44(71)38(65)25(4)84-59)92-55-48(75)45(72)50(27(6)85-55)89-56-47(74)43(70)40(67)34(21-63)87-56;/h11,15,24-30,32-59,63-77H,10,12-14,16-22H2,1-9H3,(H,78,79,80);/q;+1/p-1/t24-,25-,26-,27-,28+,29?,30+,32-,33+,34-,35-,36?,37-,38+,39-,40+,41+,42+,43+,44+,45-,46-,47-,48-,49-,50+,51+,52-,53-,54+,55+,56+,57+,58+,59+,60-,61+,62+;/m1./s1. The summed E-state index contributed by atoms with van der Waals surface area (Å²) in [6.07, 6.45) is -42.3. The fourth-order valence-corrected chi connectivity index (χ4v) is 17.5. The van der Waals surface area contributed by atoms with Gasteiger partial charge in [-0.1, -0.05) is 37.1 Å². The van der Waals surface area contributed by atoms with Crippen molar-refractivity contribution in [1.29, 1.82) is 0 Å². The molecule has 0 aromatic rings.